The predicted octanol–water partition coefficient (Wildman–Crippen LogP) is 15.2. The normalized spacial score (nSPS) is 12.7. The van der Waals surface area contributed by atoms with Gasteiger partial charge in [0.15, 0.2) is 0 Å². The zero-order chi connectivity index (χ0) is 37.8. The fourth-order valence-corrected chi connectivity index (χ4v) is 10.4. The van der Waals surface area contributed by atoms with Gasteiger partial charge in [-0.3, -0.25) is 0 Å². The number of benzene rings is 9. The van der Waals surface area contributed by atoms with Crippen LogP contribution in [0.25, 0.3) is 53.6 Å². The molecule has 1 heterocycles. The summed E-state index contributed by atoms with van der Waals surface area (Å²) in [6.07, 6.45) is 0. The number of anilines is 3. The molecule has 10 aromatic rings. The Morgan fingerprint density at radius 3 is 1.70 bits per heavy atom. The number of rotatable bonds is 7. The molecule has 0 radical (unpaired) electrons. The van der Waals surface area contributed by atoms with Gasteiger partial charge in [-0.2, -0.15) is 0 Å². The lowest BCUT2D eigenvalue weighted by molar-refractivity contribution is 0.768. The summed E-state index contributed by atoms with van der Waals surface area (Å²) < 4.78 is 2.61. The summed E-state index contributed by atoms with van der Waals surface area (Å²) in [4.78, 5) is 2.47. The molecule has 1 nitrogen and oxygen atoms in total. The fourth-order valence-electron chi connectivity index (χ4n) is 9.35. The van der Waals surface area contributed by atoms with Crippen LogP contribution in [0.15, 0.2) is 224 Å². The van der Waals surface area contributed by atoms with Crippen LogP contribution >= 0.6 is 11.3 Å². The third kappa shape index (κ3) is 5.29. The lowest BCUT2D eigenvalue weighted by atomic mass is 9.67. The minimum atomic E-state index is -0.507. The van der Waals surface area contributed by atoms with E-state index in [9.17, 15) is 0 Å². The van der Waals surface area contributed by atoms with Crippen molar-refractivity contribution in [3.63, 3.8) is 0 Å². The van der Waals surface area contributed by atoms with Crippen LogP contribution in [0.4, 0.5) is 17.1 Å². The molecule has 2 heteroatoms. The summed E-state index contributed by atoms with van der Waals surface area (Å²) in [5.41, 5.74) is 15.3. The fraction of sp³-hybridized carbons (Fsp3) is 0.0182. The largest absolute Gasteiger partial charge is 0.310 e. The Labute approximate surface area is 337 Å². The van der Waals surface area contributed by atoms with E-state index in [1.807, 2.05) is 11.3 Å². The lowest BCUT2D eigenvalue weighted by Crippen LogP contribution is -2.28. The Morgan fingerprint density at radius 1 is 0.351 bits per heavy atom. The summed E-state index contributed by atoms with van der Waals surface area (Å²) in [6.45, 7) is 0. The first-order valence-electron chi connectivity index (χ1n) is 19.6. The average molecular weight is 744 g/mol. The van der Waals surface area contributed by atoms with Gasteiger partial charge in [0.1, 0.15) is 0 Å². The van der Waals surface area contributed by atoms with E-state index in [2.05, 4.69) is 229 Å². The second kappa shape index (κ2) is 13.6. The highest BCUT2D eigenvalue weighted by Gasteiger charge is 2.46. The van der Waals surface area contributed by atoms with Gasteiger partial charge in [0.05, 0.1) is 11.1 Å². The second-order valence-electron chi connectivity index (χ2n) is 14.8. The second-order valence-corrected chi connectivity index (χ2v) is 15.9. The van der Waals surface area contributed by atoms with Gasteiger partial charge in [-0.25, -0.2) is 0 Å². The Hall–Kier alpha value is -7.00. The molecule has 0 amide bonds. The molecule has 0 saturated carbocycles. The average Bonchev–Trinajstić information content (AvgIpc) is 3.81. The molecule has 0 fully saturated rings. The van der Waals surface area contributed by atoms with E-state index in [0.717, 1.165) is 17.1 Å². The van der Waals surface area contributed by atoms with Crippen molar-refractivity contribution in [2.45, 2.75) is 5.41 Å². The molecule has 1 aliphatic carbocycles. The molecule has 11 rings (SSSR count). The van der Waals surface area contributed by atoms with Gasteiger partial charge in [-0.1, -0.05) is 176 Å². The van der Waals surface area contributed by atoms with E-state index in [1.165, 1.54) is 75.8 Å². The maximum atomic E-state index is 2.47. The molecule has 0 spiro atoms. The summed E-state index contributed by atoms with van der Waals surface area (Å²) in [5, 5.41) is 2.59. The zero-order valence-electron chi connectivity index (χ0n) is 31.2. The number of para-hydroxylation sites is 1. The third-order valence-electron chi connectivity index (χ3n) is 11.7. The van der Waals surface area contributed by atoms with Gasteiger partial charge in [0, 0.05) is 37.1 Å². The number of hydrogen-bond acceptors (Lipinski definition) is 2. The summed E-state index contributed by atoms with van der Waals surface area (Å²) in [6, 6.07) is 82.6. The monoisotopic (exact) mass is 743 g/mol. The molecular formula is C55H37NS. The minimum absolute atomic E-state index is 0.507. The number of nitrogens with zero attached hydrogens (tertiary/aromatic N) is 1. The molecule has 0 bridgehead atoms. The topological polar surface area (TPSA) is 3.24 Å². The van der Waals surface area contributed by atoms with Gasteiger partial charge in [0.2, 0.25) is 0 Å². The zero-order valence-corrected chi connectivity index (χ0v) is 32.0. The van der Waals surface area contributed by atoms with Crippen molar-refractivity contribution in [3.05, 3.63) is 247 Å². The molecule has 0 N–H and O–H groups in total. The highest BCUT2D eigenvalue weighted by atomic mass is 32.1. The molecular weight excluding hydrogens is 707 g/mol. The smallest absolute Gasteiger partial charge is 0.0714 e. The van der Waals surface area contributed by atoms with Crippen LogP contribution in [0, 0.1) is 0 Å². The first-order chi connectivity index (χ1) is 28.3. The van der Waals surface area contributed by atoms with Gasteiger partial charge in [-0.05, 0) is 98.6 Å². The van der Waals surface area contributed by atoms with Crippen molar-refractivity contribution in [3.8, 4) is 33.4 Å². The van der Waals surface area contributed by atoms with Gasteiger partial charge >= 0.3 is 0 Å². The van der Waals surface area contributed by atoms with Crippen LogP contribution in [0.5, 0.6) is 0 Å². The summed E-state index contributed by atoms with van der Waals surface area (Å²) in [5.74, 6) is 0. The van der Waals surface area contributed by atoms with Crippen molar-refractivity contribution in [2.75, 3.05) is 4.90 Å². The third-order valence-corrected chi connectivity index (χ3v) is 12.9. The maximum absolute atomic E-state index is 2.47. The van der Waals surface area contributed by atoms with E-state index < -0.39 is 5.41 Å². The van der Waals surface area contributed by atoms with E-state index in [-0.39, 0.29) is 0 Å². The highest BCUT2D eigenvalue weighted by Crippen LogP contribution is 2.57. The van der Waals surface area contributed by atoms with Gasteiger partial charge < -0.3 is 4.90 Å². The number of hydrogen-bond donors (Lipinski definition) is 0. The van der Waals surface area contributed by atoms with Crippen molar-refractivity contribution < 1.29 is 0 Å². The number of thiophene rings is 1. The van der Waals surface area contributed by atoms with Crippen molar-refractivity contribution in [1.29, 1.82) is 0 Å². The molecule has 0 atom stereocenters. The van der Waals surface area contributed by atoms with Crippen LogP contribution in [-0.4, -0.2) is 0 Å². The Balaban J connectivity index is 1.21. The molecule has 1 aromatic heterocycles. The minimum Gasteiger partial charge on any atom is -0.310 e. The van der Waals surface area contributed by atoms with E-state index in [4.69, 9.17) is 0 Å². The van der Waals surface area contributed by atoms with Crippen LogP contribution < -0.4 is 4.90 Å². The van der Waals surface area contributed by atoms with Crippen LogP contribution in [-0.2, 0) is 5.41 Å². The highest BCUT2D eigenvalue weighted by molar-refractivity contribution is 7.25. The van der Waals surface area contributed by atoms with Gasteiger partial charge in [0.25, 0.3) is 0 Å². The van der Waals surface area contributed by atoms with Crippen molar-refractivity contribution in [1.82, 2.24) is 0 Å². The van der Waals surface area contributed by atoms with Crippen molar-refractivity contribution in [2.24, 2.45) is 0 Å². The maximum Gasteiger partial charge on any atom is 0.0714 e. The van der Waals surface area contributed by atoms with E-state index in [0.29, 0.717) is 0 Å². The standard InChI is InChI=1S/C55H37NS/c1-5-18-38(19-6-1)44-28-17-30-51(54(44)39-32-35-53-48(36-39)47-27-14-16-31-52(47)57-53)56(42-24-11-4-12-25-42)43-33-34-46-45-26-13-15-29-49(45)55(50(46)37-43,40-20-7-2-8-21-40)41-22-9-3-10-23-41/h1-37H. The van der Waals surface area contributed by atoms with Crippen molar-refractivity contribution >= 4 is 48.6 Å². The first kappa shape index (κ1) is 33.3. The Morgan fingerprint density at radius 2 is 0.947 bits per heavy atom. The molecule has 0 saturated heterocycles. The SMILES string of the molecule is c1ccc(-c2cccc(N(c3ccccc3)c3ccc4c(c3)C(c3ccccc3)(c3ccccc3)c3ccccc3-4)c2-c2ccc3sc4ccccc4c3c2)cc1. The van der Waals surface area contributed by atoms with Gasteiger partial charge in [-0.15, -0.1) is 11.3 Å². The molecule has 268 valence electrons. The molecule has 1 aliphatic rings. The Kier molecular flexibility index (Phi) is 7.98. The lowest BCUT2D eigenvalue weighted by Gasteiger charge is -2.35. The van der Waals surface area contributed by atoms with Crippen LogP contribution in [0.2, 0.25) is 0 Å². The number of fused-ring (bicyclic) bond motifs is 6. The van der Waals surface area contributed by atoms with Crippen LogP contribution in [0.1, 0.15) is 22.3 Å². The molecule has 9 aromatic carbocycles. The summed E-state index contributed by atoms with van der Waals surface area (Å²) >= 11 is 1.86. The summed E-state index contributed by atoms with van der Waals surface area (Å²) in [7, 11) is 0. The quantitative estimate of drug-likeness (QED) is 0.157. The Bertz CT molecular complexity index is 3020. The molecule has 0 unspecified atom stereocenters. The van der Waals surface area contributed by atoms with Crippen LogP contribution in [0.3, 0.4) is 0 Å². The van der Waals surface area contributed by atoms with E-state index in [1.54, 1.807) is 0 Å². The molecule has 57 heavy (non-hydrogen) atoms. The first-order valence-corrected chi connectivity index (χ1v) is 20.4. The predicted molar refractivity (Wildman–Crippen MR) is 242 cm³/mol. The molecule has 0 aliphatic heterocycles. The van der Waals surface area contributed by atoms with E-state index >= 15 is 0 Å².